The summed E-state index contributed by atoms with van der Waals surface area (Å²) < 4.78 is 0. The minimum absolute atomic E-state index is 0.00497. The third-order valence-corrected chi connectivity index (χ3v) is 3.82. The fourth-order valence-electron chi connectivity index (χ4n) is 2.38. The quantitative estimate of drug-likeness (QED) is 0.0873. The lowest BCUT2D eigenvalue weighted by molar-refractivity contribution is -0.141. The minimum Gasteiger partial charge on any atom is -0.480 e. The molecule has 0 aliphatic heterocycles. The van der Waals surface area contributed by atoms with E-state index in [9.17, 15) is 24.3 Å². The zero-order valence-corrected chi connectivity index (χ0v) is 16.3. The summed E-state index contributed by atoms with van der Waals surface area (Å²) in [4.78, 5) is 57.6. The lowest BCUT2D eigenvalue weighted by atomic mass is 10.1. The molecule has 0 aliphatic rings. The zero-order valence-electron chi connectivity index (χ0n) is 16.3. The highest BCUT2D eigenvalue weighted by molar-refractivity contribution is 5.91. The van der Waals surface area contributed by atoms with E-state index in [1.807, 2.05) is 0 Å². The van der Waals surface area contributed by atoms with Gasteiger partial charge in [0.15, 0.2) is 5.96 Å². The summed E-state index contributed by atoms with van der Waals surface area (Å²) >= 11 is 0. The predicted molar refractivity (Wildman–Crippen MR) is 106 cm³/mol. The van der Waals surface area contributed by atoms with Gasteiger partial charge in [0.2, 0.25) is 17.7 Å². The van der Waals surface area contributed by atoms with Crippen molar-refractivity contribution in [3.63, 3.8) is 0 Å². The Morgan fingerprint density at radius 2 is 1.87 bits per heavy atom. The van der Waals surface area contributed by atoms with E-state index in [0.29, 0.717) is 12.1 Å². The average molecular weight is 425 g/mol. The molecule has 0 saturated carbocycles. The molecule has 1 rings (SSSR count). The van der Waals surface area contributed by atoms with E-state index in [0.717, 1.165) is 0 Å². The maximum Gasteiger partial charge on any atom is 0.326 e. The molecule has 1 heterocycles. The second-order valence-corrected chi connectivity index (χ2v) is 6.23. The minimum atomic E-state index is -1.24. The van der Waals surface area contributed by atoms with Crippen LogP contribution in [0.1, 0.15) is 18.5 Å². The molecule has 0 aliphatic carbocycles. The maximum atomic E-state index is 12.3. The number of hydrogen-bond donors (Lipinski definition) is 8. The lowest BCUT2D eigenvalue weighted by Crippen LogP contribution is -2.52. The number of hydrogen-bond acceptors (Lipinski definition) is 7. The van der Waals surface area contributed by atoms with Crippen LogP contribution in [0.4, 0.5) is 0 Å². The van der Waals surface area contributed by atoms with E-state index < -0.39 is 42.3 Å². The topological polar surface area (TPSA) is 244 Å². The number of nitrogens with one attached hydrogen (secondary N) is 4. The van der Waals surface area contributed by atoms with Gasteiger partial charge in [-0.25, -0.2) is 9.78 Å². The lowest BCUT2D eigenvalue weighted by Gasteiger charge is -2.18. The van der Waals surface area contributed by atoms with E-state index >= 15 is 0 Å². The summed E-state index contributed by atoms with van der Waals surface area (Å²) in [5.41, 5.74) is 16.2. The number of carbonyl (C=O) groups excluding carboxylic acids is 3. The third kappa shape index (κ3) is 9.50. The number of aliphatic imine (C=N–C) groups is 1. The van der Waals surface area contributed by atoms with Gasteiger partial charge in [0, 0.05) is 24.9 Å². The number of aromatic amines is 1. The number of carboxylic acid groups (broad SMARTS) is 1. The van der Waals surface area contributed by atoms with Crippen LogP contribution in [0.5, 0.6) is 0 Å². The standard InChI is InChI=1S/C16H27N9O5/c17-5-12(26)24-10(2-1-3-21-16(18)19)14(28)22-7-13(27)25-11(15(29)30)4-9-6-20-8-23-9/h6,8,10-11H,1-5,7,17H2,(H,20,23)(H,22,28)(H,24,26)(H,25,27)(H,29,30)(H4,18,19,21)/t10-,11-/m0/s1. The number of aliphatic carboxylic acids is 1. The average Bonchev–Trinajstić information content (AvgIpc) is 3.20. The first-order valence-corrected chi connectivity index (χ1v) is 9.04. The number of rotatable bonds is 13. The molecular formula is C16H27N9O5. The molecule has 14 nitrogen and oxygen atoms in total. The fourth-order valence-corrected chi connectivity index (χ4v) is 2.38. The molecule has 2 atom stereocenters. The van der Waals surface area contributed by atoms with Crippen molar-refractivity contribution in [3.8, 4) is 0 Å². The highest BCUT2D eigenvalue weighted by Crippen LogP contribution is 2.00. The SMILES string of the molecule is NCC(=O)N[C@@H](CCCN=C(N)N)C(=O)NCC(=O)N[C@@H](Cc1cnc[nH]1)C(=O)O. The Hall–Kier alpha value is -3.68. The van der Waals surface area contributed by atoms with Crippen LogP contribution in [-0.2, 0) is 25.6 Å². The van der Waals surface area contributed by atoms with Crippen LogP contribution >= 0.6 is 0 Å². The third-order valence-electron chi connectivity index (χ3n) is 3.82. The Kier molecular flexibility index (Phi) is 10.3. The number of H-pyrrole nitrogens is 1. The molecule has 30 heavy (non-hydrogen) atoms. The van der Waals surface area contributed by atoms with Gasteiger partial charge in [0.25, 0.3) is 0 Å². The van der Waals surface area contributed by atoms with Crippen molar-refractivity contribution in [2.75, 3.05) is 19.6 Å². The van der Waals surface area contributed by atoms with Crippen molar-refractivity contribution in [3.05, 3.63) is 18.2 Å². The summed E-state index contributed by atoms with van der Waals surface area (Å²) in [6.07, 6.45) is 3.41. The summed E-state index contributed by atoms with van der Waals surface area (Å²) in [5.74, 6) is -3.22. The molecule has 0 radical (unpaired) electrons. The molecule has 0 saturated heterocycles. The molecule has 0 aromatic carbocycles. The van der Waals surface area contributed by atoms with Crippen molar-refractivity contribution in [2.45, 2.75) is 31.3 Å². The van der Waals surface area contributed by atoms with Gasteiger partial charge in [-0.1, -0.05) is 0 Å². The Morgan fingerprint density at radius 3 is 2.43 bits per heavy atom. The van der Waals surface area contributed by atoms with Crippen LogP contribution in [0.25, 0.3) is 0 Å². The van der Waals surface area contributed by atoms with Crippen LogP contribution in [0.2, 0.25) is 0 Å². The van der Waals surface area contributed by atoms with Gasteiger partial charge in [-0.15, -0.1) is 0 Å². The Balaban J connectivity index is 2.57. The van der Waals surface area contributed by atoms with Crippen molar-refractivity contribution in [1.82, 2.24) is 25.9 Å². The number of imidazole rings is 1. The number of carboxylic acids is 1. The maximum absolute atomic E-state index is 12.3. The summed E-state index contributed by atoms with van der Waals surface area (Å²) in [6, 6.07) is -2.16. The monoisotopic (exact) mass is 425 g/mol. The van der Waals surface area contributed by atoms with Gasteiger partial charge in [-0.2, -0.15) is 0 Å². The van der Waals surface area contributed by atoms with Crippen LogP contribution in [0.15, 0.2) is 17.5 Å². The number of carbonyl (C=O) groups is 4. The van der Waals surface area contributed by atoms with E-state index in [1.165, 1.54) is 12.5 Å². The molecular weight excluding hydrogens is 398 g/mol. The molecule has 166 valence electrons. The van der Waals surface area contributed by atoms with Crippen LogP contribution in [0.3, 0.4) is 0 Å². The van der Waals surface area contributed by atoms with Gasteiger partial charge in [-0.05, 0) is 12.8 Å². The molecule has 0 bridgehead atoms. The van der Waals surface area contributed by atoms with E-state index in [-0.39, 0.29) is 31.9 Å². The number of aromatic nitrogens is 2. The molecule has 0 fully saturated rings. The Morgan fingerprint density at radius 1 is 1.17 bits per heavy atom. The van der Waals surface area contributed by atoms with Crippen LogP contribution in [-0.4, -0.2) is 76.4 Å². The first-order chi connectivity index (χ1) is 14.2. The van der Waals surface area contributed by atoms with E-state index in [4.69, 9.17) is 17.2 Å². The summed E-state index contributed by atoms with van der Waals surface area (Å²) in [7, 11) is 0. The van der Waals surface area contributed by atoms with Crippen molar-refractivity contribution >= 4 is 29.7 Å². The van der Waals surface area contributed by atoms with Crippen molar-refractivity contribution in [2.24, 2.45) is 22.2 Å². The second-order valence-electron chi connectivity index (χ2n) is 6.23. The highest BCUT2D eigenvalue weighted by atomic mass is 16.4. The Labute approximate surface area is 172 Å². The highest BCUT2D eigenvalue weighted by Gasteiger charge is 2.23. The predicted octanol–water partition coefficient (Wildman–Crippen LogP) is -3.87. The smallest absolute Gasteiger partial charge is 0.326 e. The van der Waals surface area contributed by atoms with Gasteiger partial charge >= 0.3 is 5.97 Å². The first-order valence-electron chi connectivity index (χ1n) is 9.04. The van der Waals surface area contributed by atoms with Gasteiger partial charge in [0.05, 0.1) is 19.4 Å². The van der Waals surface area contributed by atoms with E-state index in [2.05, 4.69) is 30.9 Å². The van der Waals surface area contributed by atoms with Gasteiger partial charge in [0.1, 0.15) is 12.1 Å². The normalized spacial score (nSPS) is 12.3. The van der Waals surface area contributed by atoms with Crippen LogP contribution in [0, 0.1) is 0 Å². The summed E-state index contributed by atoms with van der Waals surface area (Å²) in [6.45, 7) is -0.542. The summed E-state index contributed by atoms with van der Waals surface area (Å²) in [5, 5.41) is 16.4. The number of nitrogens with two attached hydrogens (primary N) is 3. The van der Waals surface area contributed by atoms with Crippen LogP contribution < -0.4 is 33.2 Å². The number of nitrogens with zero attached hydrogens (tertiary/aromatic N) is 2. The molecule has 0 unspecified atom stereocenters. The number of amides is 3. The van der Waals surface area contributed by atoms with Gasteiger partial charge < -0.3 is 43.2 Å². The molecule has 1 aromatic heterocycles. The van der Waals surface area contributed by atoms with Gasteiger partial charge in [-0.3, -0.25) is 19.4 Å². The Bertz CT molecular complexity index is 746. The molecule has 14 heteroatoms. The second kappa shape index (κ2) is 12.7. The van der Waals surface area contributed by atoms with Crippen molar-refractivity contribution < 1.29 is 24.3 Å². The number of guanidine groups is 1. The molecule has 11 N–H and O–H groups in total. The molecule has 0 spiro atoms. The first kappa shape index (κ1) is 24.4. The zero-order chi connectivity index (χ0) is 22.5. The fraction of sp³-hybridized carbons (Fsp3) is 0.500. The largest absolute Gasteiger partial charge is 0.480 e. The molecule has 1 aromatic rings. The van der Waals surface area contributed by atoms with E-state index in [1.54, 1.807) is 0 Å². The van der Waals surface area contributed by atoms with Crippen molar-refractivity contribution in [1.29, 1.82) is 0 Å². The molecule has 3 amide bonds.